The van der Waals surface area contributed by atoms with E-state index in [1.54, 1.807) is 0 Å². The zero-order valence-corrected chi connectivity index (χ0v) is 5.68. The van der Waals surface area contributed by atoms with Crippen LogP contribution < -0.4 is 5.48 Å². The zero-order valence-electron chi connectivity index (χ0n) is 5.68. The molecule has 0 saturated heterocycles. The summed E-state index contributed by atoms with van der Waals surface area (Å²) in [4.78, 5) is 0. The Kier molecular flexibility index (Phi) is 3.01. The van der Waals surface area contributed by atoms with E-state index in [1.165, 1.54) is 25.7 Å². The van der Waals surface area contributed by atoms with Crippen LogP contribution in [0.25, 0.3) is 0 Å². The number of hydrogen-bond donors (Lipinski definition) is 0. The van der Waals surface area contributed by atoms with Crippen molar-refractivity contribution < 1.29 is 5.21 Å². The van der Waals surface area contributed by atoms with E-state index < -0.39 is 0 Å². The maximum Gasteiger partial charge on any atom is 0.0571 e. The van der Waals surface area contributed by atoms with Gasteiger partial charge in [0.1, 0.15) is 0 Å². The maximum absolute atomic E-state index is 10.1. The normalized spacial score (nSPS) is 23.7. The van der Waals surface area contributed by atoms with Gasteiger partial charge in [0.2, 0.25) is 0 Å². The molecule has 1 fully saturated rings. The molecule has 1 aliphatic rings. The lowest BCUT2D eigenvalue weighted by Crippen LogP contribution is -2.16. The van der Waals surface area contributed by atoms with E-state index >= 15 is 0 Å². The second kappa shape index (κ2) is 3.85. The molecule has 0 spiro atoms. The Hall–Kier alpha value is -0.0800. The van der Waals surface area contributed by atoms with Gasteiger partial charge in [-0.1, -0.05) is 31.2 Å². The van der Waals surface area contributed by atoms with Crippen molar-refractivity contribution in [1.82, 2.24) is 5.48 Å². The molecule has 0 aromatic rings. The molecule has 0 aromatic heterocycles. The molecule has 0 atom stereocenters. The van der Waals surface area contributed by atoms with Gasteiger partial charge in [-0.2, -0.15) is 0 Å². The van der Waals surface area contributed by atoms with Crippen molar-refractivity contribution in [3.63, 3.8) is 0 Å². The van der Waals surface area contributed by atoms with Crippen molar-refractivity contribution in [3.8, 4) is 0 Å². The molecule has 0 heterocycles. The molecule has 0 amide bonds. The minimum atomic E-state index is 0.146. The van der Waals surface area contributed by atoms with Crippen LogP contribution in [0.1, 0.15) is 38.5 Å². The van der Waals surface area contributed by atoms with Crippen LogP contribution >= 0.6 is 0 Å². The first kappa shape index (κ1) is 7.03. The van der Waals surface area contributed by atoms with Crippen LogP contribution in [0, 0.1) is 0 Å². The van der Waals surface area contributed by atoms with Gasteiger partial charge >= 0.3 is 0 Å². The predicted octanol–water partition coefficient (Wildman–Crippen LogP) is 1.66. The predicted molar refractivity (Wildman–Crippen MR) is 34.3 cm³/mol. The molecule has 1 rings (SSSR count). The van der Waals surface area contributed by atoms with Crippen LogP contribution in [-0.2, 0) is 5.21 Å². The van der Waals surface area contributed by atoms with E-state index in [1.807, 2.05) is 0 Å². The fourth-order valence-electron chi connectivity index (χ4n) is 1.36. The lowest BCUT2D eigenvalue weighted by Gasteiger charge is -2.04. The Balaban J connectivity index is 2.18. The number of hydroxylamine groups is 1. The first-order valence-corrected chi connectivity index (χ1v) is 3.76. The van der Waals surface area contributed by atoms with Crippen molar-refractivity contribution in [2.75, 3.05) is 0 Å². The molecule has 0 N–H and O–H groups in total. The molecule has 52 valence electrons. The van der Waals surface area contributed by atoms with E-state index in [9.17, 15) is 5.21 Å². The standard InChI is InChI=1S/C7H13NO/c9-8-7-5-3-1-2-4-6-7/h7H,1-6H2. The third-order valence-corrected chi connectivity index (χ3v) is 1.97. The summed E-state index contributed by atoms with van der Waals surface area (Å²) in [6.45, 7) is 0. The second-order valence-corrected chi connectivity index (χ2v) is 2.75. The Morgan fingerprint density at radius 1 is 1.00 bits per heavy atom. The van der Waals surface area contributed by atoms with Gasteiger partial charge in [-0.3, -0.25) is 0 Å². The molecular weight excluding hydrogens is 114 g/mol. The van der Waals surface area contributed by atoms with Crippen LogP contribution in [0.4, 0.5) is 0 Å². The van der Waals surface area contributed by atoms with Crippen LogP contribution in [0.5, 0.6) is 0 Å². The van der Waals surface area contributed by atoms with Crippen molar-refractivity contribution in [2.45, 2.75) is 44.6 Å². The summed E-state index contributed by atoms with van der Waals surface area (Å²) in [5, 5.41) is 10.1. The highest BCUT2D eigenvalue weighted by atomic mass is 16.5. The van der Waals surface area contributed by atoms with Crippen molar-refractivity contribution >= 4 is 0 Å². The van der Waals surface area contributed by atoms with Gasteiger partial charge < -0.3 is 0 Å². The molecule has 0 aliphatic heterocycles. The third-order valence-electron chi connectivity index (χ3n) is 1.97. The average Bonchev–Trinajstić information content (AvgIpc) is 2.13. The maximum atomic E-state index is 10.1. The van der Waals surface area contributed by atoms with Crippen LogP contribution in [0.2, 0.25) is 0 Å². The Morgan fingerprint density at radius 2 is 1.56 bits per heavy atom. The van der Waals surface area contributed by atoms with Gasteiger partial charge in [0.05, 0.1) is 6.04 Å². The highest BCUT2D eigenvalue weighted by molar-refractivity contribution is 4.65. The summed E-state index contributed by atoms with van der Waals surface area (Å²) in [7, 11) is 0. The summed E-state index contributed by atoms with van der Waals surface area (Å²) in [5.41, 5.74) is 3.06. The molecule has 0 bridgehead atoms. The summed E-state index contributed by atoms with van der Waals surface area (Å²) in [6.07, 6.45) is 7.07. The number of nitrogens with zero attached hydrogens (tertiary/aromatic N) is 1. The highest BCUT2D eigenvalue weighted by Crippen LogP contribution is 2.17. The van der Waals surface area contributed by atoms with E-state index in [0.29, 0.717) is 0 Å². The van der Waals surface area contributed by atoms with Gasteiger partial charge in [-0.15, -0.1) is 5.21 Å². The fraction of sp³-hybridized carbons (Fsp3) is 1.00. The number of hydrogen-bond acceptors (Lipinski definition) is 0. The third kappa shape index (κ3) is 2.33. The molecule has 0 unspecified atom stereocenters. The van der Waals surface area contributed by atoms with Crippen LogP contribution in [-0.4, -0.2) is 6.04 Å². The lowest BCUT2D eigenvalue weighted by molar-refractivity contribution is 0.0293. The molecule has 1 aliphatic carbocycles. The van der Waals surface area contributed by atoms with Crippen LogP contribution in [0.3, 0.4) is 0 Å². The quantitative estimate of drug-likeness (QED) is 0.379. The van der Waals surface area contributed by atoms with Crippen LogP contribution in [0.15, 0.2) is 0 Å². The SMILES string of the molecule is [O][N]C1CCCCCC1. The van der Waals surface area contributed by atoms with Crippen molar-refractivity contribution in [1.29, 1.82) is 0 Å². The van der Waals surface area contributed by atoms with Gasteiger partial charge in [0.15, 0.2) is 0 Å². The van der Waals surface area contributed by atoms with Gasteiger partial charge in [0, 0.05) is 0 Å². The minimum Gasteiger partial charge on any atom is -0.102 e. The van der Waals surface area contributed by atoms with Crippen molar-refractivity contribution in [2.24, 2.45) is 0 Å². The first-order chi connectivity index (χ1) is 4.43. The summed E-state index contributed by atoms with van der Waals surface area (Å²) in [6, 6.07) is 0.146. The Bertz CT molecular complexity index is 67.3. The van der Waals surface area contributed by atoms with Gasteiger partial charge in [-0.25, -0.2) is 0 Å². The summed E-state index contributed by atoms with van der Waals surface area (Å²) in [5.74, 6) is 0. The summed E-state index contributed by atoms with van der Waals surface area (Å²) >= 11 is 0. The largest absolute Gasteiger partial charge is 0.102 e. The van der Waals surface area contributed by atoms with Gasteiger partial charge in [0.25, 0.3) is 0 Å². The Labute approximate surface area is 56.2 Å². The molecule has 0 aromatic carbocycles. The number of rotatable bonds is 1. The lowest BCUT2D eigenvalue weighted by atomic mass is 10.1. The Morgan fingerprint density at radius 3 is 2.00 bits per heavy atom. The monoisotopic (exact) mass is 127 g/mol. The van der Waals surface area contributed by atoms with E-state index in [4.69, 9.17) is 0 Å². The van der Waals surface area contributed by atoms with E-state index in [2.05, 4.69) is 5.48 Å². The molecule has 9 heavy (non-hydrogen) atoms. The topological polar surface area (TPSA) is 34.0 Å². The van der Waals surface area contributed by atoms with E-state index in [-0.39, 0.29) is 6.04 Å². The molecule has 2 heteroatoms. The average molecular weight is 127 g/mol. The minimum absolute atomic E-state index is 0.146. The van der Waals surface area contributed by atoms with Crippen molar-refractivity contribution in [3.05, 3.63) is 0 Å². The molecule has 2 radical (unpaired) electrons. The van der Waals surface area contributed by atoms with Gasteiger partial charge in [-0.05, 0) is 12.8 Å². The first-order valence-electron chi connectivity index (χ1n) is 3.76. The molecular formula is C7H13NO. The highest BCUT2D eigenvalue weighted by Gasteiger charge is 2.11. The zero-order chi connectivity index (χ0) is 6.53. The summed E-state index contributed by atoms with van der Waals surface area (Å²) < 4.78 is 0. The smallest absolute Gasteiger partial charge is 0.0571 e. The molecule has 1 saturated carbocycles. The fourth-order valence-corrected chi connectivity index (χ4v) is 1.36. The van der Waals surface area contributed by atoms with E-state index in [0.717, 1.165) is 12.8 Å². The molecule has 2 nitrogen and oxygen atoms in total. The second-order valence-electron chi connectivity index (χ2n) is 2.75.